The lowest BCUT2D eigenvalue weighted by molar-refractivity contribution is 0.742. The molecule has 0 unspecified atom stereocenters. The van der Waals surface area contributed by atoms with Crippen molar-refractivity contribution in [3.05, 3.63) is 21.9 Å². The smallest absolute Gasteiger partial charge is 0.125 e. The third kappa shape index (κ3) is 4.45. The van der Waals surface area contributed by atoms with Crippen LogP contribution in [0.25, 0.3) is 0 Å². The molecule has 0 amide bonds. The summed E-state index contributed by atoms with van der Waals surface area (Å²) in [6.45, 7) is 3.24. The summed E-state index contributed by atoms with van der Waals surface area (Å²) in [4.78, 5) is 4.26. The van der Waals surface area contributed by atoms with Crippen LogP contribution >= 0.6 is 22.6 Å². The highest BCUT2D eigenvalue weighted by molar-refractivity contribution is 14.1. The molecule has 0 aliphatic rings. The number of rotatable bonds is 5. The normalized spacial score (nSPS) is 10.0. The van der Waals surface area contributed by atoms with Gasteiger partial charge in [0.25, 0.3) is 0 Å². The summed E-state index contributed by atoms with van der Waals surface area (Å²) >= 11 is 2.26. The van der Waals surface area contributed by atoms with E-state index in [1.54, 1.807) is 0 Å². The van der Waals surface area contributed by atoms with Crippen LogP contribution in [0.2, 0.25) is 0 Å². The van der Waals surface area contributed by atoms with Gasteiger partial charge in [0.1, 0.15) is 5.82 Å². The second-order valence-corrected chi connectivity index (χ2v) is 4.24. The average Bonchev–Trinajstić information content (AvgIpc) is 2.15. The van der Waals surface area contributed by atoms with E-state index in [1.165, 1.54) is 22.8 Å². The Hall–Kier alpha value is -0.320. The zero-order chi connectivity index (χ0) is 9.52. The van der Waals surface area contributed by atoms with Gasteiger partial charge in [0.05, 0.1) is 0 Å². The quantitative estimate of drug-likeness (QED) is 0.665. The summed E-state index contributed by atoms with van der Waals surface area (Å²) in [5.41, 5.74) is 0. The van der Waals surface area contributed by atoms with E-state index in [-0.39, 0.29) is 0 Å². The van der Waals surface area contributed by atoms with Crippen molar-refractivity contribution in [2.45, 2.75) is 26.2 Å². The van der Waals surface area contributed by atoms with E-state index in [0.29, 0.717) is 0 Å². The van der Waals surface area contributed by atoms with Crippen LogP contribution in [-0.4, -0.2) is 11.5 Å². The van der Waals surface area contributed by atoms with Crippen LogP contribution in [0.5, 0.6) is 0 Å². The van der Waals surface area contributed by atoms with Gasteiger partial charge in [-0.05, 0) is 41.1 Å². The molecular weight excluding hydrogens is 275 g/mol. The van der Waals surface area contributed by atoms with E-state index < -0.39 is 0 Å². The molecule has 0 spiro atoms. The van der Waals surface area contributed by atoms with Crippen molar-refractivity contribution >= 4 is 28.4 Å². The predicted molar refractivity (Wildman–Crippen MR) is 65.0 cm³/mol. The Kier molecular flexibility index (Phi) is 5.12. The van der Waals surface area contributed by atoms with Crippen molar-refractivity contribution in [2.24, 2.45) is 0 Å². The maximum Gasteiger partial charge on any atom is 0.125 e. The third-order valence-electron chi connectivity index (χ3n) is 1.81. The number of anilines is 1. The topological polar surface area (TPSA) is 24.9 Å². The van der Waals surface area contributed by atoms with Gasteiger partial charge in [-0.1, -0.05) is 19.8 Å². The Morgan fingerprint density at radius 2 is 2.23 bits per heavy atom. The lowest BCUT2D eigenvalue weighted by atomic mass is 10.2. The van der Waals surface area contributed by atoms with Crippen LogP contribution in [0.1, 0.15) is 26.2 Å². The number of hydrogen-bond acceptors (Lipinski definition) is 2. The molecule has 0 atom stereocenters. The van der Waals surface area contributed by atoms with Crippen LogP contribution < -0.4 is 5.32 Å². The van der Waals surface area contributed by atoms with Crippen molar-refractivity contribution < 1.29 is 0 Å². The maximum atomic E-state index is 4.26. The van der Waals surface area contributed by atoms with E-state index in [9.17, 15) is 0 Å². The lowest BCUT2D eigenvalue weighted by Gasteiger charge is -2.03. The molecule has 1 aromatic rings. The highest BCUT2D eigenvalue weighted by atomic mass is 127. The van der Waals surface area contributed by atoms with Crippen LogP contribution in [0.15, 0.2) is 18.3 Å². The maximum absolute atomic E-state index is 4.26. The second kappa shape index (κ2) is 6.18. The van der Waals surface area contributed by atoms with Crippen LogP contribution in [0.4, 0.5) is 5.82 Å². The monoisotopic (exact) mass is 290 g/mol. The molecule has 0 bridgehead atoms. The number of pyridine rings is 1. The zero-order valence-electron chi connectivity index (χ0n) is 7.89. The largest absolute Gasteiger partial charge is 0.370 e. The minimum Gasteiger partial charge on any atom is -0.370 e. The first-order valence-corrected chi connectivity index (χ1v) is 5.76. The molecule has 2 nitrogen and oxygen atoms in total. The standard InChI is InChI=1S/C10H15IN2/c1-2-3-4-7-12-10-6-5-9(11)8-13-10/h5-6,8H,2-4,7H2,1H3,(H,12,13). The van der Waals surface area contributed by atoms with Crippen molar-refractivity contribution in [1.82, 2.24) is 4.98 Å². The predicted octanol–water partition coefficient (Wildman–Crippen LogP) is 3.29. The first kappa shape index (κ1) is 10.8. The van der Waals surface area contributed by atoms with Crippen molar-refractivity contribution in [3.63, 3.8) is 0 Å². The molecule has 1 rings (SSSR count). The van der Waals surface area contributed by atoms with E-state index in [0.717, 1.165) is 12.4 Å². The minimum absolute atomic E-state index is 0.983. The van der Waals surface area contributed by atoms with E-state index in [1.807, 2.05) is 12.3 Å². The molecular formula is C10H15IN2. The molecule has 3 heteroatoms. The van der Waals surface area contributed by atoms with Gasteiger partial charge < -0.3 is 5.32 Å². The molecule has 0 radical (unpaired) electrons. The molecule has 72 valence electrons. The first-order chi connectivity index (χ1) is 6.33. The molecule has 13 heavy (non-hydrogen) atoms. The van der Waals surface area contributed by atoms with E-state index >= 15 is 0 Å². The summed E-state index contributed by atoms with van der Waals surface area (Å²) in [6, 6.07) is 4.09. The van der Waals surface area contributed by atoms with Gasteiger partial charge in [-0.25, -0.2) is 4.98 Å². The number of halogens is 1. The summed E-state index contributed by atoms with van der Waals surface area (Å²) in [5, 5.41) is 3.29. The van der Waals surface area contributed by atoms with E-state index in [2.05, 4.69) is 45.9 Å². The number of nitrogens with zero attached hydrogens (tertiary/aromatic N) is 1. The molecule has 0 aliphatic carbocycles. The number of hydrogen-bond donors (Lipinski definition) is 1. The summed E-state index contributed by atoms with van der Waals surface area (Å²) in [7, 11) is 0. The fourth-order valence-corrected chi connectivity index (χ4v) is 1.39. The molecule has 1 aromatic heterocycles. The second-order valence-electron chi connectivity index (χ2n) is 3.00. The Morgan fingerprint density at radius 1 is 1.38 bits per heavy atom. The Morgan fingerprint density at radius 3 is 2.85 bits per heavy atom. The van der Waals surface area contributed by atoms with Gasteiger partial charge in [0.2, 0.25) is 0 Å². The van der Waals surface area contributed by atoms with Gasteiger partial charge in [0, 0.05) is 16.3 Å². The van der Waals surface area contributed by atoms with Crippen molar-refractivity contribution in [3.8, 4) is 0 Å². The molecule has 0 aromatic carbocycles. The summed E-state index contributed by atoms with van der Waals surface area (Å²) in [6.07, 6.45) is 5.66. The van der Waals surface area contributed by atoms with E-state index in [4.69, 9.17) is 0 Å². The fraction of sp³-hybridized carbons (Fsp3) is 0.500. The van der Waals surface area contributed by atoms with Crippen LogP contribution in [0.3, 0.4) is 0 Å². The third-order valence-corrected chi connectivity index (χ3v) is 2.45. The van der Waals surface area contributed by atoms with Crippen LogP contribution in [-0.2, 0) is 0 Å². The number of aromatic nitrogens is 1. The molecule has 1 heterocycles. The molecule has 0 saturated carbocycles. The fourth-order valence-electron chi connectivity index (χ4n) is 1.07. The molecule has 0 aliphatic heterocycles. The highest BCUT2D eigenvalue weighted by Crippen LogP contribution is 2.07. The highest BCUT2D eigenvalue weighted by Gasteiger charge is 1.92. The Labute approximate surface area is 93.3 Å². The first-order valence-electron chi connectivity index (χ1n) is 4.68. The summed E-state index contributed by atoms with van der Waals surface area (Å²) < 4.78 is 1.18. The number of nitrogens with one attached hydrogen (secondary N) is 1. The SMILES string of the molecule is CCCCCNc1ccc(I)cn1. The van der Waals surface area contributed by atoms with Gasteiger partial charge in [0.15, 0.2) is 0 Å². The Balaban J connectivity index is 2.25. The molecule has 1 N–H and O–H groups in total. The average molecular weight is 290 g/mol. The summed E-state index contributed by atoms with van der Waals surface area (Å²) in [5.74, 6) is 0.983. The van der Waals surface area contributed by atoms with Gasteiger partial charge >= 0.3 is 0 Å². The molecule has 0 fully saturated rings. The van der Waals surface area contributed by atoms with Crippen molar-refractivity contribution in [2.75, 3.05) is 11.9 Å². The lowest BCUT2D eigenvalue weighted by Crippen LogP contribution is -2.02. The minimum atomic E-state index is 0.983. The van der Waals surface area contributed by atoms with Gasteiger partial charge in [-0.3, -0.25) is 0 Å². The van der Waals surface area contributed by atoms with Crippen molar-refractivity contribution in [1.29, 1.82) is 0 Å². The van der Waals surface area contributed by atoms with Crippen LogP contribution in [0, 0.1) is 3.57 Å². The van der Waals surface area contributed by atoms with Gasteiger partial charge in [-0.15, -0.1) is 0 Å². The number of unbranched alkanes of at least 4 members (excludes halogenated alkanes) is 2. The molecule has 0 saturated heterocycles. The zero-order valence-corrected chi connectivity index (χ0v) is 10.0. The Bertz CT molecular complexity index is 233. The van der Waals surface area contributed by atoms with Gasteiger partial charge in [-0.2, -0.15) is 0 Å².